The zero-order valence-electron chi connectivity index (χ0n) is 14.8. The number of rotatable bonds is 4. The lowest BCUT2D eigenvalue weighted by molar-refractivity contribution is -0.143. The van der Waals surface area contributed by atoms with Gasteiger partial charge >= 0.3 is 0 Å². The van der Waals surface area contributed by atoms with E-state index >= 15 is 0 Å². The van der Waals surface area contributed by atoms with Crippen LogP contribution in [0.25, 0.3) is 0 Å². The van der Waals surface area contributed by atoms with Gasteiger partial charge < -0.3 is 14.9 Å². The highest BCUT2D eigenvalue weighted by Crippen LogP contribution is 2.33. The minimum absolute atomic E-state index is 0.0544. The number of aliphatic hydroxyl groups is 1. The van der Waals surface area contributed by atoms with Crippen LogP contribution in [0.4, 0.5) is 0 Å². The SMILES string of the molecule is O=C(CC1CCCCC1)N1CCN(C(=O)CC2(O)CCCC2)CC1. The van der Waals surface area contributed by atoms with E-state index < -0.39 is 5.60 Å². The van der Waals surface area contributed by atoms with Gasteiger partial charge in [0.05, 0.1) is 12.0 Å². The van der Waals surface area contributed by atoms with Crippen LogP contribution < -0.4 is 0 Å². The predicted molar refractivity (Wildman–Crippen MR) is 92.4 cm³/mol. The van der Waals surface area contributed by atoms with Gasteiger partial charge in [0.15, 0.2) is 0 Å². The molecule has 5 heteroatoms. The van der Waals surface area contributed by atoms with Crippen LogP contribution in [0.3, 0.4) is 0 Å². The normalized spacial score (nSPS) is 25.0. The van der Waals surface area contributed by atoms with Crippen molar-refractivity contribution in [2.24, 2.45) is 5.92 Å². The molecule has 0 aromatic carbocycles. The van der Waals surface area contributed by atoms with Gasteiger partial charge in [-0.05, 0) is 31.6 Å². The summed E-state index contributed by atoms with van der Waals surface area (Å²) in [7, 11) is 0. The second-order valence-corrected chi connectivity index (χ2v) is 8.08. The largest absolute Gasteiger partial charge is 0.389 e. The maximum Gasteiger partial charge on any atom is 0.225 e. The number of amides is 2. The van der Waals surface area contributed by atoms with Gasteiger partial charge in [-0.2, -0.15) is 0 Å². The molecule has 1 saturated heterocycles. The number of hydrogen-bond donors (Lipinski definition) is 1. The Morgan fingerprint density at radius 2 is 1.38 bits per heavy atom. The van der Waals surface area contributed by atoms with Crippen molar-refractivity contribution in [2.45, 2.75) is 76.2 Å². The first-order valence-corrected chi connectivity index (χ1v) is 9.84. The van der Waals surface area contributed by atoms with E-state index in [0.29, 0.717) is 38.5 Å². The molecule has 3 rings (SSSR count). The molecule has 0 bridgehead atoms. The second kappa shape index (κ2) is 7.85. The average molecular weight is 336 g/mol. The summed E-state index contributed by atoms with van der Waals surface area (Å²) in [6.07, 6.45) is 10.7. The lowest BCUT2D eigenvalue weighted by Crippen LogP contribution is -2.52. The van der Waals surface area contributed by atoms with E-state index in [4.69, 9.17) is 0 Å². The van der Waals surface area contributed by atoms with Crippen LogP contribution in [0, 0.1) is 5.92 Å². The number of hydrogen-bond acceptors (Lipinski definition) is 3. The molecule has 1 N–H and O–H groups in total. The van der Waals surface area contributed by atoms with Crippen molar-refractivity contribution in [3.05, 3.63) is 0 Å². The molecule has 0 aromatic rings. The maximum absolute atomic E-state index is 12.5. The number of nitrogens with zero attached hydrogens (tertiary/aromatic N) is 2. The number of piperazine rings is 1. The van der Waals surface area contributed by atoms with Crippen molar-refractivity contribution in [2.75, 3.05) is 26.2 Å². The van der Waals surface area contributed by atoms with E-state index in [9.17, 15) is 14.7 Å². The van der Waals surface area contributed by atoms with Gasteiger partial charge in [0.2, 0.25) is 11.8 Å². The van der Waals surface area contributed by atoms with Crippen LogP contribution in [0.1, 0.15) is 70.6 Å². The third-order valence-electron chi connectivity index (χ3n) is 6.19. The third-order valence-corrected chi connectivity index (χ3v) is 6.19. The monoisotopic (exact) mass is 336 g/mol. The first-order chi connectivity index (χ1) is 11.6. The highest BCUT2D eigenvalue weighted by molar-refractivity contribution is 5.79. The molecule has 3 aliphatic rings. The molecular weight excluding hydrogens is 304 g/mol. The van der Waals surface area contributed by atoms with Crippen LogP contribution in [0.15, 0.2) is 0 Å². The number of carbonyl (C=O) groups excluding carboxylic acids is 2. The summed E-state index contributed by atoms with van der Waals surface area (Å²) in [4.78, 5) is 28.6. The zero-order chi connectivity index (χ0) is 17.0. The Balaban J connectivity index is 1.41. The van der Waals surface area contributed by atoms with E-state index in [-0.39, 0.29) is 18.2 Å². The van der Waals surface area contributed by atoms with Crippen molar-refractivity contribution < 1.29 is 14.7 Å². The van der Waals surface area contributed by atoms with Gasteiger partial charge in [0, 0.05) is 32.6 Å². The minimum atomic E-state index is -0.773. The molecule has 0 aromatic heterocycles. The zero-order valence-corrected chi connectivity index (χ0v) is 14.8. The fraction of sp³-hybridized carbons (Fsp3) is 0.895. The van der Waals surface area contributed by atoms with Gasteiger partial charge in [-0.15, -0.1) is 0 Å². The quantitative estimate of drug-likeness (QED) is 0.857. The standard InChI is InChI=1S/C19H32N2O3/c22-17(14-16-6-2-1-3-7-16)20-10-12-21(13-11-20)18(23)15-19(24)8-4-5-9-19/h16,24H,1-15H2. The molecule has 2 amide bonds. The fourth-order valence-corrected chi connectivity index (χ4v) is 4.58. The first-order valence-electron chi connectivity index (χ1n) is 9.84. The number of carbonyl (C=O) groups is 2. The Labute approximate surface area is 145 Å². The van der Waals surface area contributed by atoms with Crippen LogP contribution in [0.2, 0.25) is 0 Å². The van der Waals surface area contributed by atoms with Crippen molar-refractivity contribution in [1.82, 2.24) is 9.80 Å². The van der Waals surface area contributed by atoms with Crippen molar-refractivity contribution in [1.29, 1.82) is 0 Å². The molecule has 1 aliphatic heterocycles. The molecule has 0 radical (unpaired) electrons. The van der Waals surface area contributed by atoms with Gasteiger partial charge in [-0.3, -0.25) is 9.59 Å². The van der Waals surface area contributed by atoms with E-state index in [0.717, 1.165) is 25.7 Å². The summed E-state index contributed by atoms with van der Waals surface area (Å²) in [5.74, 6) is 0.893. The Hall–Kier alpha value is -1.10. The highest BCUT2D eigenvalue weighted by atomic mass is 16.3. The molecule has 2 aliphatic carbocycles. The second-order valence-electron chi connectivity index (χ2n) is 8.08. The summed E-state index contributed by atoms with van der Waals surface area (Å²) in [6.45, 7) is 2.53. The molecule has 3 fully saturated rings. The summed E-state index contributed by atoms with van der Waals surface area (Å²) in [6, 6.07) is 0. The van der Waals surface area contributed by atoms with Crippen LogP contribution in [-0.2, 0) is 9.59 Å². The van der Waals surface area contributed by atoms with Crippen LogP contribution in [0.5, 0.6) is 0 Å². The van der Waals surface area contributed by atoms with Crippen LogP contribution in [-0.4, -0.2) is 58.5 Å². The molecule has 0 atom stereocenters. The molecule has 1 heterocycles. The van der Waals surface area contributed by atoms with Gasteiger partial charge in [-0.25, -0.2) is 0 Å². The molecule has 0 unspecified atom stereocenters. The molecule has 24 heavy (non-hydrogen) atoms. The maximum atomic E-state index is 12.5. The smallest absolute Gasteiger partial charge is 0.225 e. The summed E-state index contributed by atoms with van der Waals surface area (Å²) < 4.78 is 0. The molecule has 136 valence electrons. The fourth-order valence-electron chi connectivity index (χ4n) is 4.58. The first kappa shape index (κ1) is 17.7. The van der Waals surface area contributed by atoms with Crippen molar-refractivity contribution in [3.8, 4) is 0 Å². The highest BCUT2D eigenvalue weighted by Gasteiger charge is 2.36. The minimum Gasteiger partial charge on any atom is -0.389 e. The Kier molecular flexibility index (Phi) is 5.80. The molecule has 2 saturated carbocycles. The Bertz CT molecular complexity index is 446. The van der Waals surface area contributed by atoms with Crippen molar-refractivity contribution in [3.63, 3.8) is 0 Å². The average Bonchev–Trinajstić information content (AvgIpc) is 3.02. The van der Waals surface area contributed by atoms with E-state index in [2.05, 4.69) is 0 Å². The lowest BCUT2D eigenvalue weighted by Gasteiger charge is -2.37. The molecule has 0 spiro atoms. The Morgan fingerprint density at radius 1 is 0.833 bits per heavy atom. The topological polar surface area (TPSA) is 60.9 Å². The summed E-state index contributed by atoms with van der Waals surface area (Å²) >= 11 is 0. The van der Waals surface area contributed by atoms with E-state index in [1.165, 1.54) is 32.1 Å². The van der Waals surface area contributed by atoms with Gasteiger partial charge in [-0.1, -0.05) is 32.1 Å². The van der Waals surface area contributed by atoms with Gasteiger partial charge in [0.1, 0.15) is 0 Å². The summed E-state index contributed by atoms with van der Waals surface area (Å²) in [5, 5.41) is 10.4. The van der Waals surface area contributed by atoms with E-state index in [1.807, 2.05) is 9.80 Å². The summed E-state index contributed by atoms with van der Waals surface area (Å²) in [5.41, 5.74) is -0.773. The van der Waals surface area contributed by atoms with Crippen LogP contribution >= 0.6 is 0 Å². The lowest BCUT2D eigenvalue weighted by atomic mass is 9.86. The van der Waals surface area contributed by atoms with E-state index in [1.54, 1.807) is 0 Å². The molecular formula is C19H32N2O3. The van der Waals surface area contributed by atoms with Crippen molar-refractivity contribution >= 4 is 11.8 Å². The van der Waals surface area contributed by atoms with Gasteiger partial charge in [0.25, 0.3) is 0 Å². The molecule has 5 nitrogen and oxygen atoms in total. The Morgan fingerprint density at radius 3 is 1.96 bits per heavy atom. The third kappa shape index (κ3) is 4.50. The predicted octanol–water partition coefficient (Wildman–Crippen LogP) is 2.32.